The molecule has 0 aliphatic carbocycles. The summed E-state index contributed by atoms with van der Waals surface area (Å²) in [5.74, 6) is 0.0641. The molecule has 0 N–H and O–H groups in total. The van der Waals surface area contributed by atoms with E-state index in [4.69, 9.17) is 4.74 Å². The molecule has 0 spiro atoms. The first-order chi connectivity index (χ1) is 9.99. The highest BCUT2D eigenvalue weighted by molar-refractivity contribution is 5.74. The van der Waals surface area contributed by atoms with Crippen LogP contribution in [-0.2, 0) is 9.53 Å². The lowest BCUT2D eigenvalue weighted by Crippen LogP contribution is -2.52. The number of rotatable bonds is 3. The number of likely N-dealkylation sites (tertiary alicyclic amines) is 1. The van der Waals surface area contributed by atoms with Gasteiger partial charge in [0, 0.05) is 18.0 Å². The lowest BCUT2D eigenvalue weighted by Gasteiger charge is -2.46. The van der Waals surface area contributed by atoms with Crippen molar-refractivity contribution < 1.29 is 9.53 Å². The Morgan fingerprint density at radius 2 is 1.95 bits per heavy atom. The highest BCUT2D eigenvalue weighted by Crippen LogP contribution is 2.40. The highest BCUT2D eigenvalue weighted by atomic mass is 16.5. The van der Waals surface area contributed by atoms with Crippen LogP contribution < -0.4 is 0 Å². The van der Waals surface area contributed by atoms with E-state index in [2.05, 4.69) is 57.0 Å². The first kappa shape index (κ1) is 16.0. The molecule has 1 aliphatic rings. The summed E-state index contributed by atoms with van der Waals surface area (Å²) in [6.45, 7) is 6.46. The Hall–Kier alpha value is -1.35. The van der Waals surface area contributed by atoms with Gasteiger partial charge in [0.1, 0.15) is 0 Å². The van der Waals surface area contributed by atoms with Crippen molar-refractivity contribution >= 4 is 5.97 Å². The molecule has 3 nitrogen and oxygen atoms in total. The zero-order chi connectivity index (χ0) is 15.6. The number of carbonyl (C=O) groups is 1. The average molecular weight is 289 g/mol. The molecule has 1 aromatic carbocycles. The van der Waals surface area contributed by atoms with Crippen LogP contribution in [0.15, 0.2) is 24.3 Å². The molecule has 1 aliphatic heterocycles. The predicted molar refractivity (Wildman–Crippen MR) is 85.3 cm³/mol. The SMILES string of the molecule is CC[C@@H]1CC(c2ccc(C)cc2)C(C(=O)OC)C(C)N1C. The van der Waals surface area contributed by atoms with E-state index < -0.39 is 0 Å². The maximum absolute atomic E-state index is 12.3. The fourth-order valence-corrected chi connectivity index (χ4v) is 3.64. The number of ether oxygens (including phenoxy) is 1. The normalized spacial score (nSPS) is 30.1. The van der Waals surface area contributed by atoms with Crippen LogP contribution >= 0.6 is 0 Å². The Labute approximate surface area is 128 Å². The van der Waals surface area contributed by atoms with Crippen molar-refractivity contribution in [2.45, 2.75) is 51.6 Å². The predicted octanol–water partition coefficient (Wildman–Crippen LogP) is 3.37. The van der Waals surface area contributed by atoms with Gasteiger partial charge in [-0.1, -0.05) is 36.8 Å². The fraction of sp³-hybridized carbons (Fsp3) is 0.611. The molecular weight excluding hydrogens is 262 g/mol. The fourth-order valence-electron chi connectivity index (χ4n) is 3.64. The van der Waals surface area contributed by atoms with Crippen molar-refractivity contribution in [1.29, 1.82) is 0 Å². The van der Waals surface area contributed by atoms with Crippen LogP contribution in [0.25, 0.3) is 0 Å². The zero-order valence-electron chi connectivity index (χ0n) is 13.8. The van der Waals surface area contributed by atoms with Crippen LogP contribution in [0.3, 0.4) is 0 Å². The minimum atomic E-state index is -0.0921. The number of esters is 1. The minimum absolute atomic E-state index is 0.0884. The van der Waals surface area contributed by atoms with Gasteiger partial charge in [-0.25, -0.2) is 0 Å². The lowest BCUT2D eigenvalue weighted by molar-refractivity contribution is -0.151. The van der Waals surface area contributed by atoms with Crippen molar-refractivity contribution in [2.75, 3.05) is 14.2 Å². The number of piperidine rings is 1. The topological polar surface area (TPSA) is 29.5 Å². The molecule has 0 amide bonds. The maximum Gasteiger partial charge on any atom is 0.310 e. The summed E-state index contributed by atoms with van der Waals surface area (Å²) in [5.41, 5.74) is 2.51. The maximum atomic E-state index is 12.3. The van der Waals surface area contributed by atoms with E-state index in [0.29, 0.717) is 6.04 Å². The zero-order valence-corrected chi connectivity index (χ0v) is 13.8. The Morgan fingerprint density at radius 1 is 1.33 bits per heavy atom. The van der Waals surface area contributed by atoms with E-state index in [1.807, 2.05) is 0 Å². The second-order valence-corrected chi connectivity index (χ2v) is 6.27. The average Bonchev–Trinajstić information content (AvgIpc) is 2.50. The first-order valence-corrected chi connectivity index (χ1v) is 7.85. The van der Waals surface area contributed by atoms with Crippen molar-refractivity contribution in [1.82, 2.24) is 4.90 Å². The number of benzene rings is 1. The molecule has 0 saturated carbocycles. The van der Waals surface area contributed by atoms with E-state index in [1.54, 1.807) is 0 Å². The molecule has 0 bridgehead atoms. The van der Waals surface area contributed by atoms with Crippen LogP contribution in [0.4, 0.5) is 0 Å². The molecular formula is C18H27NO2. The lowest BCUT2D eigenvalue weighted by atomic mass is 9.73. The number of hydrogen-bond donors (Lipinski definition) is 0. The van der Waals surface area contributed by atoms with E-state index in [-0.39, 0.29) is 23.8 Å². The first-order valence-electron chi connectivity index (χ1n) is 7.85. The van der Waals surface area contributed by atoms with Gasteiger partial charge in [-0.05, 0) is 39.3 Å². The smallest absolute Gasteiger partial charge is 0.310 e. The Balaban J connectivity index is 2.37. The van der Waals surface area contributed by atoms with Gasteiger partial charge in [0.2, 0.25) is 0 Å². The summed E-state index contributed by atoms with van der Waals surface area (Å²) >= 11 is 0. The van der Waals surface area contributed by atoms with Gasteiger partial charge in [0.05, 0.1) is 13.0 Å². The monoisotopic (exact) mass is 289 g/mol. The summed E-state index contributed by atoms with van der Waals surface area (Å²) in [4.78, 5) is 14.7. The Kier molecular flexibility index (Phi) is 5.04. The number of methoxy groups -OCH3 is 1. The third-order valence-electron chi connectivity index (χ3n) is 5.15. The Bertz CT molecular complexity index is 482. The van der Waals surface area contributed by atoms with Crippen molar-refractivity contribution in [3.8, 4) is 0 Å². The molecule has 1 saturated heterocycles. The largest absolute Gasteiger partial charge is 0.469 e. The number of carbonyl (C=O) groups excluding carboxylic acids is 1. The summed E-state index contributed by atoms with van der Waals surface area (Å²) in [7, 11) is 3.62. The number of aryl methyl sites for hydroxylation is 1. The summed E-state index contributed by atoms with van der Waals surface area (Å²) in [5, 5.41) is 0. The summed E-state index contributed by atoms with van der Waals surface area (Å²) in [6.07, 6.45) is 2.12. The van der Waals surface area contributed by atoms with E-state index in [0.717, 1.165) is 12.8 Å². The van der Waals surface area contributed by atoms with Crippen molar-refractivity contribution in [3.05, 3.63) is 35.4 Å². The third-order valence-corrected chi connectivity index (χ3v) is 5.15. The summed E-state index contributed by atoms with van der Waals surface area (Å²) in [6, 6.07) is 9.32. The second kappa shape index (κ2) is 6.61. The van der Waals surface area contributed by atoms with Crippen molar-refractivity contribution in [2.24, 2.45) is 5.92 Å². The molecule has 1 heterocycles. The van der Waals surface area contributed by atoms with E-state index >= 15 is 0 Å². The van der Waals surface area contributed by atoms with Gasteiger partial charge >= 0.3 is 5.97 Å². The number of hydrogen-bond acceptors (Lipinski definition) is 3. The molecule has 3 heteroatoms. The van der Waals surface area contributed by atoms with Crippen LogP contribution in [0, 0.1) is 12.8 Å². The summed E-state index contributed by atoms with van der Waals surface area (Å²) < 4.78 is 5.09. The molecule has 4 atom stereocenters. The van der Waals surface area contributed by atoms with Crippen LogP contribution in [0.5, 0.6) is 0 Å². The van der Waals surface area contributed by atoms with Crippen LogP contribution in [-0.4, -0.2) is 37.1 Å². The van der Waals surface area contributed by atoms with Crippen molar-refractivity contribution in [3.63, 3.8) is 0 Å². The van der Waals surface area contributed by atoms with Gasteiger partial charge in [-0.2, -0.15) is 0 Å². The van der Waals surface area contributed by atoms with Gasteiger partial charge in [-0.15, -0.1) is 0 Å². The molecule has 116 valence electrons. The third kappa shape index (κ3) is 3.13. The molecule has 0 aromatic heterocycles. The highest BCUT2D eigenvalue weighted by Gasteiger charge is 2.43. The van der Waals surface area contributed by atoms with Crippen LogP contribution in [0.2, 0.25) is 0 Å². The van der Waals surface area contributed by atoms with Gasteiger partial charge in [0.25, 0.3) is 0 Å². The molecule has 0 radical (unpaired) electrons. The quantitative estimate of drug-likeness (QED) is 0.799. The van der Waals surface area contributed by atoms with E-state index in [9.17, 15) is 4.79 Å². The van der Waals surface area contributed by atoms with Gasteiger partial charge < -0.3 is 4.74 Å². The molecule has 2 rings (SSSR count). The van der Waals surface area contributed by atoms with Gasteiger partial charge in [0.15, 0.2) is 0 Å². The molecule has 3 unspecified atom stereocenters. The molecule has 1 fully saturated rings. The second-order valence-electron chi connectivity index (χ2n) is 6.27. The van der Waals surface area contributed by atoms with Crippen LogP contribution in [0.1, 0.15) is 43.7 Å². The van der Waals surface area contributed by atoms with Gasteiger partial charge in [-0.3, -0.25) is 9.69 Å². The molecule has 21 heavy (non-hydrogen) atoms. The minimum Gasteiger partial charge on any atom is -0.469 e. The molecule has 1 aromatic rings. The number of nitrogens with zero attached hydrogens (tertiary/aromatic N) is 1. The van der Waals surface area contributed by atoms with E-state index in [1.165, 1.54) is 18.2 Å². The standard InChI is InChI=1S/C18H27NO2/c1-6-15-11-16(14-9-7-12(2)8-10-14)17(18(20)21-5)13(3)19(15)4/h7-10,13,15-17H,6,11H2,1-5H3/t13?,15-,16?,17?/m1/s1. The Morgan fingerprint density at radius 3 is 2.48 bits per heavy atom.